The smallest absolute Gasteiger partial charge is 0.407 e. The van der Waals surface area contributed by atoms with E-state index in [1.807, 2.05) is 24.3 Å². The van der Waals surface area contributed by atoms with E-state index in [0.29, 0.717) is 6.42 Å². The zero-order chi connectivity index (χ0) is 10.8. The molecule has 0 unspecified atom stereocenters. The maximum absolute atomic E-state index is 11.1. The first-order valence-corrected chi connectivity index (χ1v) is 4.82. The first-order valence-electron chi connectivity index (χ1n) is 4.82. The Morgan fingerprint density at radius 1 is 1.53 bits per heavy atom. The van der Waals surface area contributed by atoms with E-state index in [2.05, 4.69) is 10.1 Å². The third kappa shape index (κ3) is 1.80. The highest BCUT2D eigenvalue weighted by atomic mass is 16.5. The highest BCUT2D eigenvalue weighted by Crippen LogP contribution is 2.31. The molecule has 1 aromatic carbocycles. The lowest BCUT2D eigenvalue weighted by atomic mass is 10.1. The van der Waals surface area contributed by atoms with Gasteiger partial charge in [-0.3, -0.25) is 0 Å². The maximum Gasteiger partial charge on any atom is 0.407 e. The van der Waals surface area contributed by atoms with Crippen molar-refractivity contribution in [2.45, 2.75) is 18.6 Å². The Labute approximate surface area is 87.9 Å². The van der Waals surface area contributed by atoms with Crippen molar-refractivity contribution >= 4 is 6.09 Å². The summed E-state index contributed by atoms with van der Waals surface area (Å²) in [6.45, 7) is 0. The summed E-state index contributed by atoms with van der Waals surface area (Å²) in [5.41, 5.74) is 2.04. The molecule has 2 rings (SSSR count). The number of carbonyl (C=O) groups excluding carboxylic acids is 1. The minimum atomic E-state index is -0.568. The number of ether oxygens (including phenoxy) is 1. The highest BCUT2D eigenvalue weighted by Gasteiger charge is 2.31. The molecule has 0 saturated heterocycles. The van der Waals surface area contributed by atoms with Crippen LogP contribution in [0.25, 0.3) is 0 Å². The third-order valence-electron chi connectivity index (χ3n) is 2.66. The van der Waals surface area contributed by atoms with Gasteiger partial charge in [0.1, 0.15) is 0 Å². The Morgan fingerprint density at radius 3 is 3.00 bits per heavy atom. The topological polar surface area (TPSA) is 58.6 Å². The fraction of sp³-hybridized carbons (Fsp3) is 0.364. The van der Waals surface area contributed by atoms with Crippen LogP contribution in [0.1, 0.15) is 17.2 Å². The standard InChI is InChI=1S/C11H13NO3/c1-15-11(14)12-10-8-5-3-2-4-7(8)6-9(10)13/h2-5,9-10,13H,6H2,1H3,(H,12,14)/t9-,10-/m1/s1. The second kappa shape index (κ2) is 3.90. The molecule has 4 nitrogen and oxygen atoms in total. The molecule has 4 heteroatoms. The summed E-state index contributed by atoms with van der Waals surface area (Å²) in [4.78, 5) is 11.1. The number of aliphatic hydroxyl groups is 1. The summed E-state index contributed by atoms with van der Waals surface area (Å²) < 4.78 is 4.51. The fourth-order valence-corrected chi connectivity index (χ4v) is 1.93. The van der Waals surface area contributed by atoms with Crippen LogP contribution in [0, 0.1) is 0 Å². The van der Waals surface area contributed by atoms with E-state index in [9.17, 15) is 9.90 Å². The molecule has 0 spiro atoms. The Balaban J connectivity index is 2.22. The molecule has 2 atom stereocenters. The number of benzene rings is 1. The predicted octanol–water partition coefficient (Wildman–Crippen LogP) is 1.00. The Kier molecular flexibility index (Phi) is 2.60. The number of rotatable bonds is 1. The van der Waals surface area contributed by atoms with Gasteiger partial charge in [0, 0.05) is 6.42 Å². The van der Waals surface area contributed by atoms with Crippen molar-refractivity contribution in [2.75, 3.05) is 7.11 Å². The van der Waals surface area contributed by atoms with Crippen molar-refractivity contribution in [3.05, 3.63) is 35.4 Å². The molecule has 0 heterocycles. The molecular formula is C11H13NO3. The minimum Gasteiger partial charge on any atom is -0.453 e. The van der Waals surface area contributed by atoms with E-state index in [0.717, 1.165) is 11.1 Å². The normalized spacial score (nSPS) is 23.3. The van der Waals surface area contributed by atoms with Gasteiger partial charge in [-0.15, -0.1) is 0 Å². The van der Waals surface area contributed by atoms with Crippen molar-refractivity contribution in [3.8, 4) is 0 Å². The maximum atomic E-state index is 11.1. The molecule has 0 aromatic heterocycles. The lowest BCUT2D eigenvalue weighted by Crippen LogP contribution is -2.33. The van der Waals surface area contributed by atoms with Crippen LogP contribution < -0.4 is 5.32 Å². The molecule has 1 aromatic rings. The minimum absolute atomic E-state index is 0.353. The van der Waals surface area contributed by atoms with E-state index in [4.69, 9.17) is 0 Å². The van der Waals surface area contributed by atoms with Gasteiger partial charge in [0.15, 0.2) is 0 Å². The Hall–Kier alpha value is -1.55. The number of amides is 1. The molecule has 0 radical (unpaired) electrons. The summed E-state index contributed by atoms with van der Waals surface area (Å²) in [6, 6.07) is 7.33. The van der Waals surface area contributed by atoms with Gasteiger partial charge in [0.25, 0.3) is 0 Å². The summed E-state index contributed by atoms with van der Waals surface area (Å²) in [7, 11) is 1.31. The largest absolute Gasteiger partial charge is 0.453 e. The monoisotopic (exact) mass is 207 g/mol. The van der Waals surface area contributed by atoms with Crippen LogP contribution in [0.15, 0.2) is 24.3 Å². The lowest BCUT2D eigenvalue weighted by Gasteiger charge is -2.16. The Bertz CT molecular complexity index is 378. The zero-order valence-corrected chi connectivity index (χ0v) is 8.43. The molecule has 1 aliphatic rings. The summed E-state index contributed by atoms with van der Waals surface area (Å²) >= 11 is 0. The van der Waals surface area contributed by atoms with Crippen molar-refractivity contribution in [3.63, 3.8) is 0 Å². The quantitative estimate of drug-likeness (QED) is 0.722. The van der Waals surface area contributed by atoms with Gasteiger partial charge in [-0.05, 0) is 11.1 Å². The van der Waals surface area contributed by atoms with Crippen molar-refractivity contribution in [1.82, 2.24) is 5.32 Å². The van der Waals surface area contributed by atoms with Crippen LogP contribution in [-0.2, 0) is 11.2 Å². The van der Waals surface area contributed by atoms with E-state index in [1.54, 1.807) is 0 Å². The van der Waals surface area contributed by atoms with Gasteiger partial charge < -0.3 is 15.2 Å². The average molecular weight is 207 g/mol. The molecule has 15 heavy (non-hydrogen) atoms. The summed E-state index contributed by atoms with van der Waals surface area (Å²) in [5.74, 6) is 0. The van der Waals surface area contributed by atoms with Gasteiger partial charge in [0.2, 0.25) is 0 Å². The zero-order valence-electron chi connectivity index (χ0n) is 8.43. The van der Waals surface area contributed by atoms with Crippen LogP contribution in [-0.4, -0.2) is 24.4 Å². The van der Waals surface area contributed by atoms with Crippen LogP contribution >= 0.6 is 0 Å². The van der Waals surface area contributed by atoms with Crippen LogP contribution in [0.5, 0.6) is 0 Å². The average Bonchev–Trinajstić information content (AvgIpc) is 2.55. The molecule has 0 saturated carbocycles. The molecule has 0 aliphatic heterocycles. The number of carbonyl (C=O) groups is 1. The van der Waals surface area contributed by atoms with E-state index >= 15 is 0 Å². The summed E-state index contributed by atoms with van der Waals surface area (Å²) in [5, 5.41) is 12.4. The van der Waals surface area contributed by atoms with Crippen LogP contribution in [0.4, 0.5) is 4.79 Å². The van der Waals surface area contributed by atoms with Crippen molar-refractivity contribution in [2.24, 2.45) is 0 Å². The molecule has 1 aliphatic carbocycles. The van der Waals surface area contributed by atoms with Gasteiger partial charge in [0.05, 0.1) is 19.3 Å². The van der Waals surface area contributed by atoms with Crippen LogP contribution in [0.3, 0.4) is 0 Å². The second-order valence-electron chi connectivity index (χ2n) is 3.58. The molecule has 0 bridgehead atoms. The first-order chi connectivity index (χ1) is 7.22. The predicted molar refractivity (Wildman–Crippen MR) is 54.4 cm³/mol. The highest BCUT2D eigenvalue weighted by molar-refractivity contribution is 5.68. The molecule has 2 N–H and O–H groups in total. The van der Waals surface area contributed by atoms with Gasteiger partial charge in [-0.1, -0.05) is 24.3 Å². The van der Waals surface area contributed by atoms with Gasteiger partial charge in [-0.2, -0.15) is 0 Å². The number of nitrogens with one attached hydrogen (secondary N) is 1. The fourth-order valence-electron chi connectivity index (χ4n) is 1.93. The number of hydrogen-bond acceptors (Lipinski definition) is 3. The number of fused-ring (bicyclic) bond motifs is 1. The first kappa shape index (κ1) is 9.98. The lowest BCUT2D eigenvalue weighted by molar-refractivity contribution is 0.123. The second-order valence-corrected chi connectivity index (χ2v) is 3.58. The van der Waals surface area contributed by atoms with Gasteiger partial charge in [-0.25, -0.2) is 4.79 Å². The SMILES string of the molecule is COC(=O)N[C@@H]1c2ccccc2C[C@H]1O. The number of aliphatic hydroxyl groups excluding tert-OH is 1. The number of methoxy groups -OCH3 is 1. The van der Waals surface area contributed by atoms with Crippen LogP contribution in [0.2, 0.25) is 0 Å². The third-order valence-corrected chi connectivity index (χ3v) is 2.66. The number of alkyl carbamates (subject to hydrolysis) is 1. The Morgan fingerprint density at radius 2 is 2.27 bits per heavy atom. The number of hydrogen-bond donors (Lipinski definition) is 2. The van der Waals surface area contributed by atoms with Crippen molar-refractivity contribution < 1.29 is 14.6 Å². The van der Waals surface area contributed by atoms with Gasteiger partial charge >= 0.3 is 6.09 Å². The van der Waals surface area contributed by atoms with E-state index in [-0.39, 0.29) is 6.04 Å². The van der Waals surface area contributed by atoms with E-state index in [1.165, 1.54) is 7.11 Å². The molecule has 80 valence electrons. The molecule has 0 fully saturated rings. The summed E-state index contributed by atoms with van der Waals surface area (Å²) in [6.07, 6.45) is -0.512. The van der Waals surface area contributed by atoms with E-state index < -0.39 is 12.2 Å². The van der Waals surface area contributed by atoms with Crippen molar-refractivity contribution in [1.29, 1.82) is 0 Å². The molecule has 1 amide bonds. The molecular weight excluding hydrogens is 194 g/mol.